The van der Waals surface area contributed by atoms with E-state index in [-0.39, 0.29) is 24.4 Å². The van der Waals surface area contributed by atoms with Crippen molar-refractivity contribution in [3.05, 3.63) is 64.3 Å². The zero-order valence-corrected chi connectivity index (χ0v) is 19.2. The minimum Gasteiger partial charge on any atom is -0.497 e. The summed E-state index contributed by atoms with van der Waals surface area (Å²) in [6, 6.07) is 12.8. The Kier molecular flexibility index (Phi) is 8.01. The van der Waals surface area contributed by atoms with Gasteiger partial charge in [0.2, 0.25) is 0 Å². The number of hydrogen-bond donors (Lipinski definition) is 1. The Morgan fingerprint density at radius 2 is 1.90 bits per heavy atom. The number of nitrogens with one attached hydrogen (secondary N) is 1. The third-order valence-electron chi connectivity index (χ3n) is 5.45. The van der Waals surface area contributed by atoms with Gasteiger partial charge in [-0.1, -0.05) is 32.0 Å². The van der Waals surface area contributed by atoms with Crippen LogP contribution in [-0.2, 0) is 11.3 Å². The molecule has 3 aromatic rings. The molecule has 0 aliphatic carbocycles. The Labute approximate surface area is 186 Å². The van der Waals surface area contributed by atoms with Crippen molar-refractivity contribution in [2.24, 2.45) is 0 Å². The fraction of sp³-hybridized carbons (Fsp3) is 0.375. The molecule has 1 N–H and O–H groups in total. The number of rotatable bonds is 10. The summed E-state index contributed by atoms with van der Waals surface area (Å²) < 4.78 is 25.8. The average molecular weight is 445 g/mol. The highest BCUT2D eigenvalue weighted by Gasteiger charge is 2.23. The van der Waals surface area contributed by atoms with Gasteiger partial charge < -0.3 is 14.8 Å². The molecule has 0 bridgehead atoms. The van der Waals surface area contributed by atoms with Crippen LogP contribution in [0, 0.1) is 5.82 Å². The zero-order valence-electron chi connectivity index (χ0n) is 18.4. The lowest BCUT2D eigenvalue weighted by atomic mass is 10.0. The molecule has 5 nitrogen and oxygen atoms in total. The van der Waals surface area contributed by atoms with Crippen LogP contribution < -0.4 is 10.1 Å². The number of hydrogen-bond acceptors (Lipinski definition) is 5. The number of halogens is 1. The van der Waals surface area contributed by atoms with Crippen LogP contribution in [0.4, 0.5) is 4.39 Å². The number of benzene rings is 2. The highest BCUT2D eigenvalue weighted by atomic mass is 32.1. The molecule has 166 valence electrons. The van der Waals surface area contributed by atoms with E-state index in [1.54, 1.807) is 20.3 Å². The standard InChI is InChI=1S/C24H29FN2O3S/c1-5-27(6-2)20(16-9-7-10-17(13-16)30-4)14-26-24(28)23-18(15-29-3)22-19(25)11-8-12-21(22)31-23/h7-13,20H,5-6,14-15H2,1-4H3,(H,26,28). The van der Waals surface area contributed by atoms with Crippen LogP contribution in [0.3, 0.4) is 0 Å². The second-order valence-electron chi connectivity index (χ2n) is 7.18. The third-order valence-corrected chi connectivity index (χ3v) is 6.64. The monoisotopic (exact) mass is 444 g/mol. The molecule has 3 rings (SSSR count). The fourth-order valence-electron chi connectivity index (χ4n) is 3.87. The van der Waals surface area contributed by atoms with Gasteiger partial charge in [0.25, 0.3) is 5.91 Å². The molecule has 0 fully saturated rings. The molecule has 1 aromatic heterocycles. The van der Waals surface area contributed by atoms with Crippen LogP contribution >= 0.6 is 11.3 Å². The molecule has 0 saturated heterocycles. The van der Waals surface area contributed by atoms with E-state index in [0.717, 1.165) is 29.1 Å². The molecule has 1 amide bonds. The first-order valence-electron chi connectivity index (χ1n) is 10.4. The van der Waals surface area contributed by atoms with E-state index in [9.17, 15) is 9.18 Å². The molecule has 1 unspecified atom stereocenters. The highest BCUT2D eigenvalue weighted by molar-refractivity contribution is 7.21. The van der Waals surface area contributed by atoms with Crippen molar-refractivity contribution >= 4 is 27.3 Å². The minimum atomic E-state index is -0.336. The smallest absolute Gasteiger partial charge is 0.261 e. The number of thiophene rings is 1. The van der Waals surface area contributed by atoms with Gasteiger partial charge in [-0.15, -0.1) is 11.3 Å². The van der Waals surface area contributed by atoms with Crippen LogP contribution in [0.1, 0.15) is 40.7 Å². The van der Waals surface area contributed by atoms with Crippen LogP contribution in [0.15, 0.2) is 42.5 Å². The van der Waals surface area contributed by atoms with Crippen molar-refractivity contribution in [2.45, 2.75) is 26.5 Å². The normalized spacial score (nSPS) is 12.3. The van der Waals surface area contributed by atoms with Crippen molar-refractivity contribution in [1.82, 2.24) is 10.2 Å². The zero-order chi connectivity index (χ0) is 22.4. The maximum atomic E-state index is 14.5. The van der Waals surface area contributed by atoms with E-state index in [2.05, 4.69) is 24.1 Å². The number of carbonyl (C=O) groups excluding carboxylic acids is 1. The van der Waals surface area contributed by atoms with E-state index in [1.165, 1.54) is 17.4 Å². The van der Waals surface area contributed by atoms with Crippen molar-refractivity contribution in [3.8, 4) is 5.75 Å². The molecule has 0 saturated carbocycles. The number of ether oxygens (including phenoxy) is 2. The Hall–Kier alpha value is -2.48. The number of methoxy groups -OCH3 is 2. The van der Waals surface area contributed by atoms with E-state index in [4.69, 9.17) is 9.47 Å². The molecule has 7 heteroatoms. The number of nitrogens with zero attached hydrogens (tertiary/aromatic N) is 1. The second-order valence-corrected chi connectivity index (χ2v) is 8.23. The number of amides is 1. The summed E-state index contributed by atoms with van der Waals surface area (Å²) in [5.74, 6) is 0.230. The van der Waals surface area contributed by atoms with Crippen LogP contribution in [-0.4, -0.2) is 44.7 Å². The predicted octanol–water partition coefficient (Wildman–Crippen LogP) is 5.01. The van der Waals surface area contributed by atoms with Crippen molar-refractivity contribution < 1.29 is 18.7 Å². The van der Waals surface area contributed by atoms with Gasteiger partial charge in [-0.05, 0) is 42.9 Å². The lowest BCUT2D eigenvalue weighted by Crippen LogP contribution is -2.38. The first kappa shape index (κ1) is 23.2. The van der Waals surface area contributed by atoms with Crippen molar-refractivity contribution in [1.29, 1.82) is 0 Å². The third kappa shape index (κ3) is 5.06. The summed E-state index contributed by atoms with van der Waals surface area (Å²) in [4.78, 5) is 15.9. The van der Waals surface area contributed by atoms with Gasteiger partial charge in [0, 0.05) is 29.3 Å². The average Bonchev–Trinajstić information content (AvgIpc) is 3.16. The largest absolute Gasteiger partial charge is 0.497 e. The SMILES string of the molecule is CCN(CC)C(CNC(=O)c1sc2cccc(F)c2c1COC)c1cccc(OC)c1. The van der Waals surface area contributed by atoms with Gasteiger partial charge in [0.1, 0.15) is 11.6 Å². The number of likely N-dealkylation sites (N-methyl/N-ethyl adjacent to an activating group) is 1. The Balaban J connectivity index is 1.89. The minimum absolute atomic E-state index is 0.00830. The van der Waals surface area contributed by atoms with E-state index in [0.29, 0.717) is 22.4 Å². The van der Waals surface area contributed by atoms with Crippen LogP contribution in [0.2, 0.25) is 0 Å². The molecular formula is C24H29FN2O3S. The van der Waals surface area contributed by atoms with E-state index < -0.39 is 0 Å². The number of fused-ring (bicyclic) bond motifs is 1. The first-order valence-corrected chi connectivity index (χ1v) is 11.2. The lowest BCUT2D eigenvalue weighted by Gasteiger charge is -2.30. The van der Waals surface area contributed by atoms with E-state index in [1.807, 2.05) is 30.3 Å². The molecule has 0 radical (unpaired) electrons. The molecule has 31 heavy (non-hydrogen) atoms. The Morgan fingerprint density at radius 1 is 1.16 bits per heavy atom. The summed E-state index contributed by atoms with van der Waals surface area (Å²) in [6.45, 7) is 6.50. The van der Waals surface area contributed by atoms with Gasteiger partial charge in [0.15, 0.2) is 0 Å². The van der Waals surface area contributed by atoms with Gasteiger partial charge >= 0.3 is 0 Å². The predicted molar refractivity (Wildman–Crippen MR) is 123 cm³/mol. The van der Waals surface area contributed by atoms with Crippen molar-refractivity contribution in [2.75, 3.05) is 33.9 Å². The van der Waals surface area contributed by atoms with Crippen LogP contribution in [0.5, 0.6) is 5.75 Å². The molecule has 1 heterocycles. The fourth-order valence-corrected chi connectivity index (χ4v) is 5.01. The molecule has 2 aromatic carbocycles. The quantitative estimate of drug-likeness (QED) is 0.478. The summed E-state index contributed by atoms with van der Waals surface area (Å²) >= 11 is 1.29. The summed E-state index contributed by atoms with van der Waals surface area (Å²) in [5.41, 5.74) is 1.67. The van der Waals surface area contributed by atoms with Crippen molar-refractivity contribution in [3.63, 3.8) is 0 Å². The number of carbonyl (C=O) groups is 1. The maximum absolute atomic E-state index is 14.5. The Morgan fingerprint density at radius 3 is 2.58 bits per heavy atom. The maximum Gasteiger partial charge on any atom is 0.261 e. The first-order chi connectivity index (χ1) is 15.0. The molecular weight excluding hydrogens is 415 g/mol. The molecule has 0 spiro atoms. The summed E-state index contributed by atoms with van der Waals surface area (Å²) in [5, 5.41) is 3.54. The van der Waals surface area contributed by atoms with Gasteiger partial charge in [-0.3, -0.25) is 9.69 Å². The van der Waals surface area contributed by atoms with Gasteiger partial charge in [-0.25, -0.2) is 4.39 Å². The van der Waals surface area contributed by atoms with Gasteiger partial charge in [-0.2, -0.15) is 0 Å². The molecule has 0 aliphatic heterocycles. The molecule has 0 aliphatic rings. The highest BCUT2D eigenvalue weighted by Crippen LogP contribution is 2.34. The lowest BCUT2D eigenvalue weighted by molar-refractivity contribution is 0.0935. The molecule has 1 atom stereocenters. The summed E-state index contributed by atoms with van der Waals surface area (Å²) in [6.07, 6.45) is 0. The van der Waals surface area contributed by atoms with Crippen LogP contribution in [0.25, 0.3) is 10.1 Å². The summed E-state index contributed by atoms with van der Waals surface area (Å²) in [7, 11) is 3.19. The van der Waals surface area contributed by atoms with Gasteiger partial charge in [0.05, 0.1) is 24.6 Å². The Bertz CT molecular complexity index is 1030. The second kappa shape index (κ2) is 10.7. The topological polar surface area (TPSA) is 50.8 Å². The van der Waals surface area contributed by atoms with E-state index >= 15 is 0 Å².